The number of methoxy groups -OCH3 is 2. The fourth-order valence-electron chi connectivity index (χ4n) is 4.18. The number of ether oxygens (including phenoxy) is 5. The number of aromatic nitrogens is 3. The second-order valence-electron chi connectivity index (χ2n) is 8.99. The zero-order valence-corrected chi connectivity index (χ0v) is 24.1. The SMILES string of the molecule is CCS(=O)(=O)c1ccc(-c2c(C)c[n+]3ccc(-c4ccc(OCCOCCOCCOC)c(OC)c4)nn23)cc1. The van der Waals surface area contributed by atoms with Gasteiger partial charge in [0.05, 0.1) is 55.9 Å². The first kappa shape index (κ1) is 29.5. The van der Waals surface area contributed by atoms with Gasteiger partial charge in [0.2, 0.25) is 5.69 Å². The molecule has 2 heterocycles. The van der Waals surface area contributed by atoms with Crippen LogP contribution in [0.15, 0.2) is 65.8 Å². The Morgan fingerprint density at radius 3 is 2.20 bits per heavy atom. The van der Waals surface area contributed by atoms with Crippen molar-refractivity contribution >= 4 is 9.84 Å². The average Bonchev–Trinajstić information content (AvgIpc) is 3.31. The molecule has 0 spiro atoms. The summed E-state index contributed by atoms with van der Waals surface area (Å²) < 4.78 is 55.5. The smallest absolute Gasteiger partial charge is 0.212 e. The van der Waals surface area contributed by atoms with E-state index in [1.807, 2.05) is 60.2 Å². The van der Waals surface area contributed by atoms with E-state index in [9.17, 15) is 8.42 Å². The monoisotopic (exact) mass is 570 g/mol. The van der Waals surface area contributed by atoms with Crippen LogP contribution in [0.5, 0.6) is 11.5 Å². The second kappa shape index (κ2) is 13.7. The van der Waals surface area contributed by atoms with E-state index in [1.165, 1.54) is 0 Å². The number of nitrogens with zero attached hydrogens (tertiary/aromatic N) is 3. The number of hydrogen-bond donors (Lipinski definition) is 0. The van der Waals surface area contributed by atoms with E-state index in [0.717, 1.165) is 28.1 Å². The van der Waals surface area contributed by atoms with Gasteiger partial charge in [-0.3, -0.25) is 0 Å². The van der Waals surface area contributed by atoms with Crippen molar-refractivity contribution in [3.05, 3.63) is 66.5 Å². The van der Waals surface area contributed by atoms with Crippen LogP contribution in [0.25, 0.3) is 22.5 Å². The lowest BCUT2D eigenvalue weighted by atomic mass is 10.1. The van der Waals surface area contributed by atoms with Crippen molar-refractivity contribution in [2.24, 2.45) is 0 Å². The van der Waals surface area contributed by atoms with E-state index in [4.69, 9.17) is 28.8 Å². The van der Waals surface area contributed by atoms with Gasteiger partial charge in [0.25, 0.3) is 0 Å². The third kappa shape index (κ3) is 6.97. The minimum absolute atomic E-state index is 0.0619. The molecule has 2 aromatic carbocycles. The van der Waals surface area contributed by atoms with Gasteiger partial charge < -0.3 is 23.7 Å². The molecule has 0 aliphatic rings. The average molecular weight is 571 g/mol. The van der Waals surface area contributed by atoms with Crippen LogP contribution in [0, 0.1) is 6.92 Å². The molecule has 0 saturated carbocycles. The molecule has 0 aliphatic carbocycles. The predicted molar refractivity (Wildman–Crippen MR) is 150 cm³/mol. The van der Waals surface area contributed by atoms with Crippen LogP contribution in [0.4, 0.5) is 0 Å². The molecule has 0 radical (unpaired) electrons. The number of sulfone groups is 1. The maximum absolute atomic E-state index is 12.2. The molecule has 0 amide bonds. The Kier molecular flexibility index (Phi) is 10.1. The van der Waals surface area contributed by atoms with Crippen molar-refractivity contribution in [2.75, 3.05) is 59.6 Å². The van der Waals surface area contributed by atoms with Crippen molar-refractivity contribution in [3.8, 4) is 34.0 Å². The molecule has 0 atom stereocenters. The van der Waals surface area contributed by atoms with Crippen LogP contribution < -0.4 is 14.0 Å². The lowest BCUT2D eigenvalue weighted by molar-refractivity contribution is -0.623. The minimum atomic E-state index is -3.27. The van der Waals surface area contributed by atoms with Crippen LogP contribution in [0.2, 0.25) is 0 Å². The lowest BCUT2D eigenvalue weighted by Gasteiger charge is -2.12. The third-order valence-corrected chi connectivity index (χ3v) is 8.07. The number of aryl methyl sites for hydroxylation is 1. The van der Waals surface area contributed by atoms with Gasteiger partial charge in [0.15, 0.2) is 21.3 Å². The highest BCUT2D eigenvalue weighted by molar-refractivity contribution is 7.91. The Labute approximate surface area is 234 Å². The normalized spacial score (nSPS) is 11.7. The predicted octanol–water partition coefficient (Wildman–Crippen LogP) is 3.42. The molecule has 0 saturated heterocycles. The number of hydrogen-bond acceptors (Lipinski definition) is 8. The molecule has 4 aromatic rings. The number of fused-ring (bicyclic) bond motifs is 1. The van der Waals surface area contributed by atoms with E-state index in [0.29, 0.717) is 56.0 Å². The first-order chi connectivity index (χ1) is 19.4. The van der Waals surface area contributed by atoms with Crippen molar-refractivity contribution < 1.29 is 36.6 Å². The topological polar surface area (TPSA) is 102 Å². The maximum Gasteiger partial charge on any atom is 0.212 e. The summed E-state index contributed by atoms with van der Waals surface area (Å²) in [5.74, 6) is 1.26. The van der Waals surface area contributed by atoms with Gasteiger partial charge in [-0.1, -0.05) is 19.1 Å². The molecule has 40 heavy (non-hydrogen) atoms. The van der Waals surface area contributed by atoms with Crippen LogP contribution in [0.1, 0.15) is 12.5 Å². The summed E-state index contributed by atoms with van der Waals surface area (Å²) in [6, 6.07) is 14.5. The summed E-state index contributed by atoms with van der Waals surface area (Å²) in [6.45, 7) is 6.54. The summed E-state index contributed by atoms with van der Waals surface area (Å²) in [7, 11) is -0.0330. The van der Waals surface area contributed by atoms with Crippen LogP contribution in [-0.2, 0) is 24.0 Å². The highest BCUT2D eigenvalue weighted by Crippen LogP contribution is 2.32. The van der Waals surface area contributed by atoms with Crippen molar-refractivity contribution in [2.45, 2.75) is 18.7 Å². The molecule has 11 heteroatoms. The molecule has 10 nitrogen and oxygen atoms in total. The van der Waals surface area contributed by atoms with E-state index >= 15 is 0 Å². The standard InChI is InChI=1S/C29H36N3O7S/c1-5-40(33,34)25-9-6-23(7-10-25)29-22(2)21-31-13-12-26(30-32(29)31)24-8-11-27(28(20-24)36-4)39-19-18-38-17-16-37-15-14-35-3/h6-13,20-21H,5,14-19H2,1-4H3/q+1. The minimum Gasteiger partial charge on any atom is -0.493 e. The largest absolute Gasteiger partial charge is 0.493 e. The van der Waals surface area contributed by atoms with E-state index in [-0.39, 0.29) is 5.75 Å². The summed E-state index contributed by atoms with van der Waals surface area (Å²) in [4.78, 5) is 0.312. The molecule has 4 rings (SSSR count). The number of rotatable bonds is 15. The lowest BCUT2D eigenvalue weighted by Crippen LogP contribution is -2.29. The first-order valence-electron chi connectivity index (χ1n) is 13.1. The Morgan fingerprint density at radius 2 is 1.52 bits per heavy atom. The molecular formula is C29H36N3O7S+. The van der Waals surface area contributed by atoms with Crippen molar-refractivity contribution in [1.29, 1.82) is 0 Å². The molecular weight excluding hydrogens is 534 g/mol. The van der Waals surface area contributed by atoms with E-state index in [1.54, 1.807) is 37.9 Å². The molecule has 0 fully saturated rings. The van der Waals surface area contributed by atoms with Gasteiger partial charge in [-0.05, 0) is 41.9 Å². The van der Waals surface area contributed by atoms with Crippen LogP contribution >= 0.6 is 0 Å². The molecule has 0 unspecified atom stereocenters. The third-order valence-electron chi connectivity index (χ3n) is 6.32. The van der Waals surface area contributed by atoms with Gasteiger partial charge in [-0.15, -0.1) is 4.52 Å². The fourth-order valence-corrected chi connectivity index (χ4v) is 5.07. The Balaban J connectivity index is 1.49. The zero-order chi connectivity index (χ0) is 28.5. The van der Waals surface area contributed by atoms with Gasteiger partial charge >= 0.3 is 0 Å². The highest BCUT2D eigenvalue weighted by atomic mass is 32.2. The quantitative estimate of drug-likeness (QED) is 0.158. The Morgan fingerprint density at radius 1 is 0.850 bits per heavy atom. The molecule has 0 aliphatic heterocycles. The molecule has 0 N–H and O–H groups in total. The van der Waals surface area contributed by atoms with Crippen molar-refractivity contribution in [3.63, 3.8) is 0 Å². The van der Waals surface area contributed by atoms with Crippen molar-refractivity contribution in [1.82, 2.24) is 9.73 Å². The summed E-state index contributed by atoms with van der Waals surface area (Å²) in [5, 5.41) is 4.88. The molecule has 214 valence electrons. The van der Waals surface area contributed by atoms with Gasteiger partial charge in [0.1, 0.15) is 24.7 Å². The summed E-state index contributed by atoms with van der Waals surface area (Å²) in [5.41, 5.74) is 4.35. The molecule has 2 aromatic heterocycles. The number of benzene rings is 2. The van der Waals surface area contributed by atoms with Crippen LogP contribution in [-0.4, -0.2) is 77.8 Å². The maximum atomic E-state index is 12.2. The first-order valence-corrected chi connectivity index (χ1v) is 14.7. The summed E-state index contributed by atoms with van der Waals surface area (Å²) in [6.07, 6.45) is 3.91. The van der Waals surface area contributed by atoms with Gasteiger partial charge in [-0.25, -0.2) is 8.42 Å². The van der Waals surface area contributed by atoms with Crippen LogP contribution in [0.3, 0.4) is 0 Å². The fraction of sp³-hybridized carbons (Fsp3) is 0.379. The van der Waals surface area contributed by atoms with Gasteiger partial charge in [0, 0.05) is 29.9 Å². The molecule has 0 bridgehead atoms. The zero-order valence-electron chi connectivity index (χ0n) is 23.3. The summed E-state index contributed by atoms with van der Waals surface area (Å²) >= 11 is 0. The highest BCUT2D eigenvalue weighted by Gasteiger charge is 2.20. The van der Waals surface area contributed by atoms with E-state index < -0.39 is 9.84 Å². The Bertz CT molecular complexity index is 1520. The second-order valence-corrected chi connectivity index (χ2v) is 11.3. The Hall–Kier alpha value is -3.51. The van der Waals surface area contributed by atoms with Gasteiger partial charge in [-0.2, -0.15) is 0 Å². The van der Waals surface area contributed by atoms with E-state index in [2.05, 4.69) is 0 Å².